The van der Waals surface area contributed by atoms with Crippen LogP contribution in [0, 0.1) is 4.91 Å². The summed E-state index contributed by atoms with van der Waals surface area (Å²) in [6.07, 6.45) is 0. The summed E-state index contributed by atoms with van der Waals surface area (Å²) >= 11 is 0. The van der Waals surface area contributed by atoms with Gasteiger partial charge in [0.2, 0.25) is 0 Å². The van der Waals surface area contributed by atoms with Crippen LogP contribution in [0.1, 0.15) is 13.8 Å². The highest BCUT2D eigenvalue weighted by molar-refractivity contribution is 4.80. The highest BCUT2D eigenvalue weighted by Gasteiger charge is 2.25. The number of hydrogen-bond donors (Lipinski definition) is 0. The van der Waals surface area contributed by atoms with Gasteiger partial charge in [-0.1, -0.05) is 0 Å². The van der Waals surface area contributed by atoms with Gasteiger partial charge in [0, 0.05) is 12.1 Å². The van der Waals surface area contributed by atoms with Crippen LogP contribution < -0.4 is 0 Å². The molecule has 4 heteroatoms. The fourth-order valence-electron chi connectivity index (χ4n) is 1.44. The molecule has 0 saturated carbocycles. The standard InChI is InChI=1S/C7H15N3O/c1-6-4-10(8-11)5-7(2)9(6)3/h6-7H,4-5H2,1-3H3/t6-,7-/m0/s1. The molecule has 0 aromatic heterocycles. The number of piperazine rings is 1. The number of likely N-dealkylation sites (N-methyl/N-ethyl adjacent to an activating group) is 1. The molecule has 1 aliphatic rings. The first-order chi connectivity index (χ1) is 5.15. The quantitative estimate of drug-likeness (QED) is 0.525. The Morgan fingerprint density at radius 2 is 1.73 bits per heavy atom. The predicted octanol–water partition coefficient (Wildman–Crippen LogP) is 0.692. The van der Waals surface area contributed by atoms with Crippen molar-refractivity contribution < 1.29 is 0 Å². The van der Waals surface area contributed by atoms with Gasteiger partial charge in [0.05, 0.1) is 18.4 Å². The Bertz CT molecular complexity index is 139. The Kier molecular flexibility index (Phi) is 2.44. The molecular formula is C7H15N3O. The topological polar surface area (TPSA) is 35.9 Å². The monoisotopic (exact) mass is 157 g/mol. The van der Waals surface area contributed by atoms with Crippen LogP contribution in [0.3, 0.4) is 0 Å². The highest BCUT2D eigenvalue weighted by Crippen LogP contribution is 2.12. The Morgan fingerprint density at radius 1 is 1.27 bits per heavy atom. The molecule has 64 valence electrons. The maximum Gasteiger partial charge on any atom is 0.0546 e. The average Bonchev–Trinajstić information content (AvgIpc) is 1.99. The van der Waals surface area contributed by atoms with Crippen molar-refractivity contribution in [1.29, 1.82) is 0 Å². The zero-order chi connectivity index (χ0) is 8.43. The van der Waals surface area contributed by atoms with Crippen LogP contribution in [0.5, 0.6) is 0 Å². The van der Waals surface area contributed by atoms with Crippen molar-refractivity contribution in [3.63, 3.8) is 0 Å². The van der Waals surface area contributed by atoms with E-state index in [-0.39, 0.29) is 0 Å². The molecule has 1 saturated heterocycles. The van der Waals surface area contributed by atoms with Crippen molar-refractivity contribution in [2.45, 2.75) is 25.9 Å². The third-order valence-corrected chi connectivity index (χ3v) is 2.46. The maximum atomic E-state index is 10.2. The van der Waals surface area contributed by atoms with Crippen molar-refractivity contribution in [2.24, 2.45) is 5.29 Å². The Labute approximate surface area is 67.1 Å². The van der Waals surface area contributed by atoms with Crippen LogP contribution in [-0.4, -0.2) is 42.1 Å². The zero-order valence-corrected chi connectivity index (χ0v) is 7.32. The summed E-state index contributed by atoms with van der Waals surface area (Å²) in [4.78, 5) is 12.5. The van der Waals surface area contributed by atoms with Crippen molar-refractivity contribution >= 4 is 0 Å². The van der Waals surface area contributed by atoms with Gasteiger partial charge in [-0.2, -0.15) is 0 Å². The Balaban J connectivity index is 2.54. The first kappa shape index (κ1) is 8.46. The van der Waals surface area contributed by atoms with Crippen molar-refractivity contribution in [3.8, 4) is 0 Å². The largest absolute Gasteiger partial charge is 0.297 e. The number of nitroso groups, excluding NO2 is 1. The summed E-state index contributed by atoms with van der Waals surface area (Å²) in [6, 6.07) is 0.855. The molecule has 0 spiro atoms. The smallest absolute Gasteiger partial charge is 0.0546 e. The molecule has 1 fully saturated rings. The summed E-state index contributed by atoms with van der Waals surface area (Å²) < 4.78 is 0. The second-order valence-electron chi connectivity index (χ2n) is 3.32. The summed E-state index contributed by atoms with van der Waals surface area (Å²) in [7, 11) is 2.08. The van der Waals surface area contributed by atoms with E-state index in [2.05, 4.69) is 31.1 Å². The first-order valence-electron chi connectivity index (χ1n) is 3.95. The van der Waals surface area contributed by atoms with Crippen LogP contribution in [0.4, 0.5) is 0 Å². The molecule has 0 N–H and O–H groups in total. The van der Waals surface area contributed by atoms with E-state index in [0.29, 0.717) is 12.1 Å². The molecule has 1 heterocycles. The van der Waals surface area contributed by atoms with Crippen LogP contribution >= 0.6 is 0 Å². The minimum absolute atomic E-state index is 0.427. The molecule has 0 radical (unpaired) electrons. The molecule has 0 bridgehead atoms. The third-order valence-electron chi connectivity index (χ3n) is 2.46. The lowest BCUT2D eigenvalue weighted by molar-refractivity contribution is 0.0609. The average molecular weight is 157 g/mol. The van der Waals surface area contributed by atoms with E-state index in [9.17, 15) is 4.91 Å². The molecule has 0 unspecified atom stereocenters. The van der Waals surface area contributed by atoms with Gasteiger partial charge in [-0.3, -0.25) is 9.91 Å². The molecule has 1 rings (SSSR count). The molecule has 0 aromatic rings. The zero-order valence-electron chi connectivity index (χ0n) is 7.32. The van der Waals surface area contributed by atoms with E-state index in [1.165, 1.54) is 0 Å². The fourth-order valence-corrected chi connectivity index (χ4v) is 1.44. The lowest BCUT2D eigenvalue weighted by Gasteiger charge is -2.39. The number of nitrogens with zero attached hydrogens (tertiary/aromatic N) is 3. The molecule has 2 atom stereocenters. The maximum absolute atomic E-state index is 10.2. The second kappa shape index (κ2) is 3.17. The normalized spacial score (nSPS) is 33.9. The van der Waals surface area contributed by atoms with E-state index in [1.54, 1.807) is 5.01 Å². The lowest BCUT2D eigenvalue weighted by atomic mass is 10.1. The molecule has 11 heavy (non-hydrogen) atoms. The number of rotatable bonds is 1. The Morgan fingerprint density at radius 3 is 2.09 bits per heavy atom. The molecule has 0 aromatic carbocycles. The van der Waals surface area contributed by atoms with Gasteiger partial charge >= 0.3 is 0 Å². The van der Waals surface area contributed by atoms with Gasteiger partial charge in [0.25, 0.3) is 0 Å². The number of hydrogen-bond acceptors (Lipinski definition) is 3. The third kappa shape index (κ3) is 1.68. The van der Waals surface area contributed by atoms with Crippen molar-refractivity contribution in [3.05, 3.63) is 4.91 Å². The van der Waals surface area contributed by atoms with Crippen LogP contribution in [0.15, 0.2) is 5.29 Å². The van der Waals surface area contributed by atoms with Crippen molar-refractivity contribution in [1.82, 2.24) is 9.91 Å². The molecule has 0 amide bonds. The van der Waals surface area contributed by atoms with Gasteiger partial charge in [-0.15, -0.1) is 4.91 Å². The van der Waals surface area contributed by atoms with Gasteiger partial charge in [0.15, 0.2) is 0 Å². The minimum Gasteiger partial charge on any atom is -0.297 e. The summed E-state index contributed by atoms with van der Waals surface area (Å²) in [6.45, 7) is 5.72. The summed E-state index contributed by atoms with van der Waals surface area (Å²) in [5.74, 6) is 0. The van der Waals surface area contributed by atoms with Gasteiger partial charge in [-0.25, -0.2) is 0 Å². The first-order valence-corrected chi connectivity index (χ1v) is 3.95. The van der Waals surface area contributed by atoms with Crippen LogP contribution in [-0.2, 0) is 0 Å². The molecule has 1 aliphatic heterocycles. The van der Waals surface area contributed by atoms with E-state index in [4.69, 9.17) is 0 Å². The summed E-state index contributed by atoms with van der Waals surface area (Å²) in [5, 5.41) is 4.53. The van der Waals surface area contributed by atoms with E-state index in [0.717, 1.165) is 13.1 Å². The van der Waals surface area contributed by atoms with Crippen LogP contribution in [0.25, 0.3) is 0 Å². The van der Waals surface area contributed by atoms with E-state index < -0.39 is 0 Å². The molecule has 4 nitrogen and oxygen atoms in total. The summed E-state index contributed by atoms with van der Waals surface area (Å²) in [5.41, 5.74) is 0. The van der Waals surface area contributed by atoms with Gasteiger partial charge in [-0.05, 0) is 20.9 Å². The Hall–Kier alpha value is -0.640. The SMILES string of the molecule is C[C@H]1CN(N=O)C[C@H](C)N1C. The van der Waals surface area contributed by atoms with Gasteiger partial charge in [0.1, 0.15) is 0 Å². The second-order valence-corrected chi connectivity index (χ2v) is 3.32. The predicted molar refractivity (Wildman–Crippen MR) is 44.1 cm³/mol. The molecular weight excluding hydrogens is 142 g/mol. The van der Waals surface area contributed by atoms with Crippen molar-refractivity contribution in [2.75, 3.05) is 20.1 Å². The lowest BCUT2D eigenvalue weighted by Crippen LogP contribution is -2.52. The van der Waals surface area contributed by atoms with E-state index >= 15 is 0 Å². The molecule has 0 aliphatic carbocycles. The van der Waals surface area contributed by atoms with E-state index in [1.807, 2.05) is 0 Å². The minimum atomic E-state index is 0.427. The van der Waals surface area contributed by atoms with Crippen LogP contribution in [0.2, 0.25) is 0 Å². The highest BCUT2D eigenvalue weighted by atomic mass is 16.3. The fraction of sp³-hybridized carbons (Fsp3) is 1.00. The van der Waals surface area contributed by atoms with Gasteiger partial charge < -0.3 is 0 Å².